The summed E-state index contributed by atoms with van der Waals surface area (Å²) in [6.45, 7) is 3.50. The highest BCUT2D eigenvalue weighted by Crippen LogP contribution is 2.27. The zero-order chi connectivity index (χ0) is 19.4. The van der Waals surface area contributed by atoms with Crippen LogP contribution in [0.2, 0.25) is 0 Å². The zero-order valence-electron chi connectivity index (χ0n) is 15.7. The van der Waals surface area contributed by atoms with Crippen molar-refractivity contribution < 1.29 is 19.0 Å². The van der Waals surface area contributed by atoms with E-state index in [1.807, 2.05) is 31.3 Å². The molecule has 1 heterocycles. The van der Waals surface area contributed by atoms with Crippen LogP contribution in [0.3, 0.4) is 0 Å². The van der Waals surface area contributed by atoms with E-state index in [0.29, 0.717) is 30.8 Å². The van der Waals surface area contributed by atoms with Gasteiger partial charge in [-0.3, -0.25) is 4.90 Å². The number of rotatable bonds is 7. The van der Waals surface area contributed by atoms with Gasteiger partial charge in [0.25, 0.3) is 0 Å². The fraction of sp³-hybridized carbons (Fsp3) is 0.286. The Balaban J connectivity index is 1.66. The molecule has 3 rings (SSSR count). The molecule has 0 spiro atoms. The van der Waals surface area contributed by atoms with E-state index in [2.05, 4.69) is 4.90 Å². The summed E-state index contributed by atoms with van der Waals surface area (Å²) in [5.74, 6) is 1.68. The maximum Gasteiger partial charge on any atom is 0.336 e. The summed E-state index contributed by atoms with van der Waals surface area (Å²) < 4.78 is 16.2. The number of phenolic OH excluding ortho intramolecular Hbond substituents is 1. The van der Waals surface area contributed by atoms with Gasteiger partial charge in [-0.15, -0.1) is 0 Å². The van der Waals surface area contributed by atoms with E-state index in [4.69, 9.17) is 13.9 Å². The Morgan fingerprint density at radius 3 is 2.52 bits per heavy atom. The number of hydrogen-bond donors (Lipinski definition) is 1. The molecule has 0 unspecified atom stereocenters. The van der Waals surface area contributed by atoms with Gasteiger partial charge in [-0.05, 0) is 55.9 Å². The molecular formula is C21H23NO5. The Hall–Kier alpha value is -2.99. The van der Waals surface area contributed by atoms with E-state index in [1.54, 1.807) is 26.2 Å². The molecule has 2 aromatic carbocycles. The predicted molar refractivity (Wildman–Crippen MR) is 104 cm³/mol. The number of nitrogens with zero attached hydrogens (tertiary/aromatic N) is 1. The van der Waals surface area contributed by atoms with Crippen molar-refractivity contribution in [1.82, 2.24) is 4.90 Å². The molecule has 1 N–H and O–H groups in total. The average molecular weight is 369 g/mol. The summed E-state index contributed by atoms with van der Waals surface area (Å²) in [4.78, 5) is 14.0. The summed E-state index contributed by atoms with van der Waals surface area (Å²) in [6, 6.07) is 12.3. The topological polar surface area (TPSA) is 72.1 Å². The molecule has 0 aliphatic heterocycles. The van der Waals surface area contributed by atoms with E-state index >= 15 is 0 Å². The van der Waals surface area contributed by atoms with Crippen molar-refractivity contribution in [3.8, 4) is 17.2 Å². The molecular weight excluding hydrogens is 346 g/mol. The number of aryl methyl sites for hydroxylation is 1. The zero-order valence-corrected chi connectivity index (χ0v) is 15.7. The van der Waals surface area contributed by atoms with E-state index in [-0.39, 0.29) is 5.75 Å². The third-order valence-electron chi connectivity index (χ3n) is 4.46. The lowest BCUT2D eigenvalue weighted by atomic mass is 10.1. The number of methoxy groups -OCH3 is 1. The number of fused-ring (bicyclic) bond motifs is 1. The molecule has 0 fully saturated rings. The second-order valence-electron chi connectivity index (χ2n) is 6.44. The first-order valence-electron chi connectivity index (χ1n) is 8.68. The minimum atomic E-state index is -0.422. The highest BCUT2D eigenvalue weighted by atomic mass is 16.5. The maximum absolute atomic E-state index is 11.9. The first kappa shape index (κ1) is 18.8. The molecule has 6 heteroatoms. The largest absolute Gasteiger partial charge is 0.508 e. The third kappa shape index (κ3) is 4.41. The molecule has 0 atom stereocenters. The SMILES string of the molecule is COc1ccc(OCCN(C)Cc2cc(=O)oc3c(C)c(O)ccc23)cc1. The number of likely N-dealkylation sites (N-methyl/N-ethyl adjacent to an activating group) is 1. The van der Waals surface area contributed by atoms with Gasteiger partial charge in [-0.1, -0.05) is 0 Å². The lowest BCUT2D eigenvalue weighted by Crippen LogP contribution is -2.24. The van der Waals surface area contributed by atoms with Crippen molar-refractivity contribution in [1.29, 1.82) is 0 Å². The van der Waals surface area contributed by atoms with Gasteiger partial charge in [-0.2, -0.15) is 0 Å². The van der Waals surface area contributed by atoms with Gasteiger partial charge in [-0.25, -0.2) is 4.79 Å². The number of aromatic hydroxyl groups is 1. The van der Waals surface area contributed by atoms with Crippen LogP contribution >= 0.6 is 0 Å². The molecule has 0 radical (unpaired) electrons. The molecule has 27 heavy (non-hydrogen) atoms. The van der Waals surface area contributed by atoms with Gasteiger partial charge in [0.1, 0.15) is 29.4 Å². The minimum absolute atomic E-state index is 0.115. The Labute approximate surface area is 157 Å². The molecule has 1 aromatic heterocycles. The van der Waals surface area contributed by atoms with Crippen LogP contribution < -0.4 is 15.1 Å². The number of phenols is 1. The van der Waals surface area contributed by atoms with Crippen molar-refractivity contribution in [2.75, 3.05) is 27.3 Å². The standard InChI is InChI=1S/C21H23NO5/c1-14-19(23)9-8-18-15(12-20(24)27-21(14)18)13-22(2)10-11-26-17-6-4-16(25-3)5-7-17/h4-9,12,23H,10-11,13H2,1-3H3. The van der Waals surface area contributed by atoms with Crippen LogP contribution in [0, 0.1) is 6.92 Å². The molecule has 3 aromatic rings. The van der Waals surface area contributed by atoms with E-state index in [0.717, 1.165) is 22.4 Å². The smallest absolute Gasteiger partial charge is 0.336 e. The number of hydrogen-bond acceptors (Lipinski definition) is 6. The fourth-order valence-corrected chi connectivity index (χ4v) is 2.91. The maximum atomic E-state index is 11.9. The highest BCUT2D eigenvalue weighted by Gasteiger charge is 2.12. The van der Waals surface area contributed by atoms with E-state index in [9.17, 15) is 9.90 Å². The van der Waals surface area contributed by atoms with Crippen molar-refractivity contribution in [3.05, 3.63) is 64.0 Å². The molecule has 0 bridgehead atoms. The van der Waals surface area contributed by atoms with Gasteiger partial charge >= 0.3 is 5.63 Å². The second kappa shape index (κ2) is 8.14. The van der Waals surface area contributed by atoms with E-state index in [1.165, 1.54) is 6.07 Å². The van der Waals surface area contributed by atoms with Crippen LogP contribution in [-0.4, -0.2) is 37.3 Å². The van der Waals surface area contributed by atoms with Gasteiger partial charge in [0.2, 0.25) is 0 Å². The van der Waals surface area contributed by atoms with Crippen LogP contribution in [0.5, 0.6) is 17.2 Å². The lowest BCUT2D eigenvalue weighted by Gasteiger charge is -2.18. The van der Waals surface area contributed by atoms with Gasteiger partial charge in [0.05, 0.1) is 7.11 Å². The molecule has 6 nitrogen and oxygen atoms in total. The summed E-state index contributed by atoms with van der Waals surface area (Å²) in [5.41, 5.74) is 1.43. The molecule has 0 amide bonds. The van der Waals surface area contributed by atoms with Crippen LogP contribution in [-0.2, 0) is 6.54 Å². The highest BCUT2D eigenvalue weighted by molar-refractivity contribution is 5.84. The van der Waals surface area contributed by atoms with Gasteiger partial charge in [0.15, 0.2) is 0 Å². The van der Waals surface area contributed by atoms with Gasteiger partial charge in [0, 0.05) is 30.1 Å². The lowest BCUT2D eigenvalue weighted by molar-refractivity contribution is 0.233. The third-order valence-corrected chi connectivity index (χ3v) is 4.46. The molecule has 142 valence electrons. The molecule has 0 aliphatic carbocycles. The first-order chi connectivity index (χ1) is 13.0. The summed E-state index contributed by atoms with van der Waals surface area (Å²) in [6.07, 6.45) is 0. The minimum Gasteiger partial charge on any atom is -0.508 e. The number of ether oxygens (including phenoxy) is 2. The molecule has 0 saturated heterocycles. The Morgan fingerprint density at radius 1 is 1.11 bits per heavy atom. The Kier molecular flexibility index (Phi) is 5.66. The molecule has 0 aliphatic rings. The average Bonchev–Trinajstić information content (AvgIpc) is 2.65. The Morgan fingerprint density at radius 2 is 1.81 bits per heavy atom. The normalized spacial score (nSPS) is 11.1. The second-order valence-corrected chi connectivity index (χ2v) is 6.44. The van der Waals surface area contributed by atoms with Crippen molar-refractivity contribution in [2.45, 2.75) is 13.5 Å². The fourth-order valence-electron chi connectivity index (χ4n) is 2.91. The quantitative estimate of drug-likeness (QED) is 0.644. The van der Waals surface area contributed by atoms with Crippen LogP contribution in [0.15, 0.2) is 51.7 Å². The molecule has 0 saturated carbocycles. The first-order valence-corrected chi connectivity index (χ1v) is 8.68. The summed E-state index contributed by atoms with van der Waals surface area (Å²) in [7, 11) is 3.59. The number of benzene rings is 2. The van der Waals surface area contributed by atoms with Crippen molar-refractivity contribution in [3.63, 3.8) is 0 Å². The van der Waals surface area contributed by atoms with Crippen LogP contribution in [0.25, 0.3) is 11.0 Å². The van der Waals surface area contributed by atoms with Crippen LogP contribution in [0.1, 0.15) is 11.1 Å². The van der Waals surface area contributed by atoms with E-state index < -0.39 is 5.63 Å². The Bertz CT molecular complexity index is 978. The summed E-state index contributed by atoms with van der Waals surface area (Å²) >= 11 is 0. The predicted octanol–water partition coefficient (Wildman–Crippen LogP) is 3.33. The van der Waals surface area contributed by atoms with Crippen molar-refractivity contribution in [2.24, 2.45) is 0 Å². The van der Waals surface area contributed by atoms with Crippen LogP contribution in [0.4, 0.5) is 0 Å². The monoisotopic (exact) mass is 369 g/mol. The van der Waals surface area contributed by atoms with Gasteiger partial charge < -0.3 is 19.0 Å². The van der Waals surface area contributed by atoms with Crippen molar-refractivity contribution >= 4 is 11.0 Å². The summed E-state index contributed by atoms with van der Waals surface area (Å²) in [5, 5.41) is 10.7.